The van der Waals surface area contributed by atoms with Gasteiger partial charge in [-0.15, -0.1) is 0 Å². The van der Waals surface area contributed by atoms with Crippen LogP contribution in [0.5, 0.6) is 0 Å². The first kappa shape index (κ1) is 15.3. The molecule has 1 fully saturated rings. The normalized spacial score (nSPS) is 15.5. The first-order valence-electron chi connectivity index (χ1n) is 9.04. The van der Waals surface area contributed by atoms with Gasteiger partial charge in [0.25, 0.3) is 0 Å². The number of nitrogens with one attached hydrogen (secondary N) is 3. The lowest BCUT2D eigenvalue weighted by Gasteiger charge is -2.22. The number of piperidine rings is 1. The van der Waals surface area contributed by atoms with Crippen LogP contribution in [0.3, 0.4) is 0 Å². The molecule has 0 atom stereocenters. The van der Waals surface area contributed by atoms with Crippen LogP contribution in [0.4, 0.5) is 11.5 Å². The fourth-order valence-electron chi connectivity index (χ4n) is 3.61. The lowest BCUT2D eigenvalue weighted by molar-refractivity contribution is 0.446. The Morgan fingerprint density at radius 2 is 1.88 bits per heavy atom. The van der Waals surface area contributed by atoms with Crippen LogP contribution in [0.15, 0.2) is 48.7 Å². The molecule has 0 radical (unpaired) electrons. The van der Waals surface area contributed by atoms with Gasteiger partial charge in [-0.1, -0.05) is 12.1 Å². The number of H-pyrrole nitrogens is 1. The standard InChI is InChI=1S/C20H20N6/c1-2-4-18-16(3-1)20(25-19(24-18)13-7-9-21-10-8-13)23-15-5-6-17-14(11-15)12-22-26-17/h1-6,11-13,21H,7-10H2,(H,22,26)(H,23,24,25). The first-order valence-corrected chi connectivity index (χ1v) is 9.04. The van der Waals surface area contributed by atoms with Gasteiger partial charge in [0.2, 0.25) is 0 Å². The Kier molecular flexibility index (Phi) is 3.75. The molecule has 1 aliphatic rings. The number of para-hydroxylation sites is 1. The number of hydrogen-bond donors (Lipinski definition) is 3. The van der Waals surface area contributed by atoms with Crippen LogP contribution < -0.4 is 10.6 Å². The van der Waals surface area contributed by atoms with Crippen LogP contribution in [0, 0.1) is 0 Å². The van der Waals surface area contributed by atoms with Crippen LogP contribution >= 0.6 is 0 Å². The summed E-state index contributed by atoms with van der Waals surface area (Å²) in [5.41, 5.74) is 3.01. The van der Waals surface area contributed by atoms with Crippen LogP contribution in [0.1, 0.15) is 24.6 Å². The van der Waals surface area contributed by atoms with Gasteiger partial charge >= 0.3 is 0 Å². The third-order valence-corrected chi connectivity index (χ3v) is 5.03. The topological polar surface area (TPSA) is 78.5 Å². The molecule has 26 heavy (non-hydrogen) atoms. The number of aromatic amines is 1. The second-order valence-corrected chi connectivity index (χ2v) is 6.77. The number of nitrogens with zero attached hydrogens (tertiary/aromatic N) is 3. The lowest BCUT2D eigenvalue weighted by Crippen LogP contribution is -2.27. The van der Waals surface area contributed by atoms with E-state index in [0.717, 1.165) is 65.1 Å². The van der Waals surface area contributed by atoms with Crippen LogP contribution in [-0.4, -0.2) is 33.3 Å². The summed E-state index contributed by atoms with van der Waals surface area (Å²) in [6.45, 7) is 2.06. The second-order valence-electron chi connectivity index (χ2n) is 6.77. The molecule has 6 nitrogen and oxygen atoms in total. The second kappa shape index (κ2) is 6.38. The number of aromatic nitrogens is 4. The molecule has 130 valence electrons. The minimum absolute atomic E-state index is 0.415. The van der Waals surface area contributed by atoms with Crippen molar-refractivity contribution in [1.29, 1.82) is 0 Å². The number of hydrogen-bond acceptors (Lipinski definition) is 5. The first-order chi connectivity index (χ1) is 12.9. The van der Waals surface area contributed by atoms with Crippen molar-refractivity contribution in [2.75, 3.05) is 18.4 Å². The van der Waals surface area contributed by atoms with E-state index < -0.39 is 0 Å². The molecule has 3 N–H and O–H groups in total. The average molecular weight is 344 g/mol. The SMILES string of the molecule is c1ccc2c(Nc3ccc4[nH]ncc4c3)nc(C3CCNCC3)nc2c1. The molecule has 0 amide bonds. The van der Waals surface area contributed by atoms with Crippen molar-refractivity contribution in [3.05, 3.63) is 54.5 Å². The third kappa shape index (κ3) is 2.78. The molecule has 0 spiro atoms. The summed E-state index contributed by atoms with van der Waals surface area (Å²) in [7, 11) is 0. The largest absolute Gasteiger partial charge is 0.340 e. The van der Waals surface area contributed by atoms with Crippen LogP contribution in [-0.2, 0) is 0 Å². The van der Waals surface area contributed by atoms with Gasteiger partial charge in [0.05, 0.1) is 17.2 Å². The molecule has 5 rings (SSSR count). The molecule has 4 aromatic rings. The summed E-state index contributed by atoms with van der Waals surface area (Å²) in [4.78, 5) is 9.76. The van der Waals surface area contributed by atoms with Gasteiger partial charge in [-0.2, -0.15) is 5.10 Å². The Labute approximate surface area is 151 Å². The molecular weight excluding hydrogens is 324 g/mol. The Balaban J connectivity index is 1.58. The summed E-state index contributed by atoms with van der Waals surface area (Å²) in [5.74, 6) is 2.22. The maximum atomic E-state index is 4.91. The minimum Gasteiger partial charge on any atom is -0.340 e. The number of anilines is 2. The monoisotopic (exact) mass is 344 g/mol. The Bertz CT molecular complexity index is 1060. The zero-order chi connectivity index (χ0) is 17.3. The van der Waals surface area contributed by atoms with E-state index in [4.69, 9.17) is 9.97 Å². The summed E-state index contributed by atoms with van der Waals surface area (Å²) < 4.78 is 0. The van der Waals surface area contributed by atoms with E-state index in [2.05, 4.69) is 39.0 Å². The van der Waals surface area contributed by atoms with E-state index in [1.54, 1.807) is 0 Å². The van der Waals surface area contributed by atoms with E-state index in [1.165, 1.54) is 0 Å². The Morgan fingerprint density at radius 1 is 1.00 bits per heavy atom. The minimum atomic E-state index is 0.415. The Hall–Kier alpha value is -2.99. The molecule has 0 bridgehead atoms. The average Bonchev–Trinajstić information content (AvgIpc) is 3.16. The molecule has 6 heteroatoms. The highest BCUT2D eigenvalue weighted by atomic mass is 15.1. The number of benzene rings is 2. The van der Waals surface area contributed by atoms with Gasteiger partial charge in [-0.05, 0) is 56.3 Å². The number of rotatable bonds is 3. The fourth-order valence-corrected chi connectivity index (χ4v) is 3.61. The van der Waals surface area contributed by atoms with Crippen molar-refractivity contribution in [3.63, 3.8) is 0 Å². The van der Waals surface area contributed by atoms with E-state index in [0.29, 0.717) is 5.92 Å². The zero-order valence-corrected chi connectivity index (χ0v) is 14.4. The van der Waals surface area contributed by atoms with Crippen LogP contribution in [0.25, 0.3) is 21.8 Å². The highest BCUT2D eigenvalue weighted by Gasteiger charge is 2.20. The molecule has 1 saturated heterocycles. The maximum Gasteiger partial charge on any atom is 0.142 e. The Morgan fingerprint density at radius 3 is 2.81 bits per heavy atom. The zero-order valence-electron chi connectivity index (χ0n) is 14.4. The summed E-state index contributed by atoms with van der Waals surface area (Å²) >= 11 is 0. The van der Waals surface area contributed by atoms with Crippen molar-refractivity contribution in [1.82, 2.24) is 25.5 Å². The molecular formula is C20H20N6. The predicted octanol–water partition coefficient (Wildman–Crippen LogP) is 3.72. The van der Waals surface area contributed by atoms with Crippen molar-refractivity contribution in [2.24, 2.45) is 0 Å². The van der Waals surface area contributed by atoms with E-state index in [-0.39, 0.29) is 0 Å². The van der Waals surface area contributed by atoms with Gasteiger partial charge < -0.3 is 10.6 Å². The number of fused-ring (bicyclic) bond motifs is 2. The van der Waals surface area contributed by atoms with E-state index >= 15 is 0 Å². The van der Waals surface area contributed by atoms with Gasteiger partial charge in [-0.3, -0.25) is 5.10 Å². The lowest BCUT2D eigenvalue weighted by atomic mass is 9.97. The van der Waals surface area contributed by atoms with Crippen molar-refractivity contribution in [3.8, 4) is 0 Å². The van der Waals surface area contributed by atoms with Gasteiger partial charge in [0.15, 0.2) is 0 Å². The van der Waals surface area contributed by atoms with E-state index in [9.17, 15) is 0 Å². The van der Waals surface area contributed by atoms with E-state index in [1.807, 2.05) is 30.5 Å². The summed E-state index contributed by atoms with van der Waals surface area (Å²) in [6, 6.07) is 14.3. The molecule has 0 aliphatic carbocycles. The van der Waals surface area contributed by atoms with Crippen molar-refractivity contribution >= 4 is 33.3 Å². The molecule has 0 saturated carbocycles. The smallest absolute Gasteiger partial charge is 0.142 e. The predicted molar refractivity (Wildman–Crippen MR) is 104 cm³/mol. The summed E-state index contributed by atoms with van der Waals surface area (Å²) in [5, 5.41) is 16.1. The third-order valence-electron chi connectivity index (χ3n) is 5.03. The molecule has 1 aliphatic heterocycles. The fraction of sp³-hybridized carbons (Fsp3) is 0.250. The highest BCUT2D eigenvalue weighted by molar-refractivity contribution is 5.92. The molecule has 2 aromatic heterocycles. The quantitative estimate of drug-likeness (QED) is 0.528. The van der Waals surface area contributed by atoms with Gasteiger partial charge in [0.1, 0.15) is 11.6 Å². The van der Waals surface area contributed by atoms with Crippen molar-refractivity contribution < 1.29 is 0 Å². The van der Waals surface area contributed by atoms with Crippen molar-refractivity contribution in [2.45, 2.75) is 18.8 Å². The molecule has 0 unspecified atom stereocenters. The van der Waals surface area contributed by atoms with Gasteiger partial charge in [-0.25, -0.2) is 9.97 Å². The molecule has 3 heterocycles. The van der Waals surface area contributed by atoms with Crippen LogP contribution in [0.2, 0.25) is 0 Å². The summed E-state index contributed by atoms with van der Waals surface area (Å²) in [6.07, 6.45) is 4.00. The molecule has 2 aromatic carbocycles. The highest BCUT2D eigenvalue weighted by Crippen LogP contribution is 2.29. The maximum absolute atomic E-state index is 4.91. The van der Waals surface area contributed by atoms with Gasteiger partial charge in [0, 0.05) is 22.4 Å².